The van der Waals surface area contributed by atoms with Crippen LogP contribution in [0.25, 0.3) is 32.9 Å². The van der Waals surface area contributed by atoms with E-state index in [2.05, 4.69) is 34.7 Å². The van der Waals surface area contributed by atoms with Crippen molar-refractivity contribution in [1.29, 1.82) is 0 Å². The SMILES string of the molecule is CN(C)C[C@@]1(COc2nc(N3CC4CCC(C4)C3)c3cc(F)c(-c4c(C(F)(F)F)c(Cl)cc5cn(COCC[Si](C)(C)C)nc45)c(F)c3n2)CC1(F)F. The van der Waals surface area contributed by atoms with E-state index in [1.807, 2.05) is 4.90 Å². The predicted molar refractivity (Wildman–Crippen MR) is 191 cm³/mol. The van der Waals surface area contributed by atoms with Crippen LogP contribution < -0.4 is 9.64 Å². The molecule has 3 aliphatic rings. The fourth-order valence-electron chi connectivity index (χ4n) is 7.94. The van der Waals surface area contributed by atoms with Crippen molar-refractivity contribution >= 4 is 47.3 Å². The molecular formula is C36H42ClF7N6O2Si. The normalized spacial score (nSPS) is 22.8. The number of piperidine rings is 1. The Kier molecular flexibility index (Phi) is 9.71. The maximum atomic E-state index is 17.1. The lowest BCUT2D eigenvalue weighted by atomic mass is 9.94. The second kappa shape index (κ2) is 13.5. The van der Waals surface area contributed by atoms with E-state index >= 15 is 8.78 Å². The Hall–Kier alpha value is -3.21. The fourth-order valence-corrected chi connectivity index (χ4v) is 9.02. The number of hydrogen-bond donors (Lipinski definition) is 0. The number of benzene rings is 2. The smallest absolute Gasteiger partial charge is 0.418 e. The van der Waals surface area contributed by atoms with Crippen LogP contribution in [0, 0.1) is 28.9 Å². The molecule has 3 atom stereocenters. The highest BCUT2D eigenvalue weighted by molar-refractivity contribution is 6.76. The van der Waals surface area contributed by atoms with Crippen molar-refractivity contribution in [3.8, 4) is 17.1 Å². The fraction of sp³-hybridized carbons (Fsp3) is 0.583. The van der Waals surface area contributed by atoms with Crippen LogP contribution in [-0.2, 0) is 17.6 Å². The third-order valence-corrected chi connectivity index (χ3v) is 12.6. The summed E-state index contributed by atoms with van der Waals surface area (Å²) in [7, 11) is 1.87. The molecule has 1 aliphatic heterocycles. The second-order valence-corrected chi connectivity index (χ2v) is 22.5. The van der Waals surface area contributed by atoms with Crippen LogP contribution in [0.5, 0.6) is 6.01 Å². The van der Waals surface area contributed by atoms with Gasteiger partial charge in [0.05, 0.1) is 21.6 Å². The van der Waals surface area contributed by atoms with Crippen molar-refractivity contribution < 1.29 is 40.2 Å². The van der Waals surface area contributed by atoms with Gasteiger partial charge in [0.2, 0.25) is 0 Å². The number of aromatic nitrogens is 4. The summed E-state index contributed by atoms with van der Waals surface area (Å²) >= 11 is 6.24. The van der Waals surface area contributed by atoms with E-state index in [1.165, 1.54) is 10.9 Å². The molecule has 7 rings (SSSR count). The molecule has 2 bridgehead atoms. The molecule has 4 aromatic rings. The van der Waals surface area contributed by atoms with Crippen molar-refractivity contribution in [2.75, 3.05) is 51.8 Å². The Labute approximate surface area is 308 Å². The molecule has 1 saturated heterocycles. The molecule has 288 valence electrons. The second-order valence-electron chi connectivity index (χ2n) is 16.5. The largest absolute Gasteiger partial charge is 0.463 e. The summed E-state index contributed by atoms with van der Waals surface area (Å²) in [5.74, 6) is -4.97. The molecule has 0 radical (unpaired) electrons. The minimum absolute atomic E-state index is 0.000628. The molecule has 17 heteroatoms. The molecule has 0 spiro atoms. The maximum absolute atomic E-state index is 17.1. The standard InChI is InChI=1S/C36H42ClF7N6O2Si/c1-48(2)17-34(16-35(34,40)41)18-52-33-45-31-23(32(46-33)49-13-20-6-7-21(10-20)14-49)12-25(38)26(29(31)39)27-28(36(42,43)44)24(37)11-22-15-50(47-30(22)27)19-51-8-9-53(3,4)5/h11-12,15,20-21H,6-10,13-14,16-19H2,1-5H3/t20?,21?,34-/m1/s1. The average Bonchev–Trinajstić information content (AvgIpc) is 3.28. The Bertz CT molecular complexity index is 2040. The van der Waals surface area contributed by atoms with Gasteiger partial charge in [-0.05, 0) is 63.4 Å². The quantitative estimate of drug-likeness (QED) is 0.0807. The number of alkyl halides is 5. The van der Waals surface area contributed by atoms with Crippen molar-refractivity contribution in [1.82, 2.24) is 24.6 Å². The first-order valence-corrected chi connectivity index (χ1v) is 21.8. The van der Waals surface area contributed by atoms with Gasteiger partial charge < -0.3 is 19.3 Å². The molecule has 2 aromatic heterocycles. The zero-order valence-corrected chi connectivity index (χ0v) is 31.9. The van der Waals surface area contributed by atoms with Gasteiger partial charge in [-0.3, -0.25) is 0 Å². The van der Waals surface area contributed by atoms with Gasteiger partial charge in [0.25, 0.3) is 5.92 Å². The first-order chi connectivity index (χ1) is 24.7. The van der Waals surface area contributed by atoms with Gasteiger partial charge in [0.1, 0.15) is 36.0 Å². The van der Waals surface area contributed by atoms with E-state index in [9.17, 15) is 22.0 Å². The van der Waals surface area contributed by atoms with Gasteiger partial charge in [0, 0.05) is 63.3 Å². The van der Waals surface area contributed by atoms with Gasteiger partial charge in [0.15, 0.2) is 5.82 Å². The topological polar surface area (TPSA) is 68.5 Å². The van der Waals surface area contributed by atoms with Gasteiger partial charge >= 0.3 is 12.2 Å². The molecule has 3 heterocycles. The molecule has 8 nitrogen and oxygen atoms in total. The summed E-state index contributed by atoms with van der Waals surface area (Å²) in [5, 5.41) is 3.56. The minimum Gasteiger partial charge on any atom is -0.463 e. The summed E-state index contributed by atoms with van der Waals surface area (Å²) in [4.78, 5) is 12.2. The summed E-state index contributed by atoms with van der Waals surface area (Å²) in [5.41, 5.74) is -5.77. The number of nitrogens with zero attached hydrogens (tertiary/aromatic N) is 6. The third kappa shape index (κ3) is 7.44. The molecule has 0 N–H and O–H groups in total. The Morgan fingerprint density at radius 3 is 2.30 bits per heavy atom. The van der Waals surface area contributed by atoms with Crippen molar-refractivity contribution in [3.63, 3.8) is 0 Å². The van der Waals surface area contributed by atoms with Gasteiger partial charge in [-0.25, -0.2) is 22.2 Å². The highest BCUT2D eigenvalue weighted by Crippen LogP contribution is 2.60. The third-order valence-electron chi connectivity index (χ3n) is 10.6. The first-order valence-electron chi connectivity index (χ1n) is 17.7. The number of rotatable bonds is 12. The Morgan fingerprint density at radius 1 is 1.02 bits per heavy atom. The lowest BCUT2D eigenvalue weighted by molar-refractivity contribution is -0.136. The summed E-state index contributed by atoms with van der Waals surface area (Å²) < 4.78 is 120. The summed E-state index contributed by atoms with van der Waals surface area (Å²) in [6.07, 6.45) is -1.21. The Morgan fingerprint density at radius 2 is 1.70 bits per heavy atom. The number of ether oxygens (including phenoxy) is 2. The lowest BCUT2D eigenvalue weighted by Crippen LogP contribution is -2.37. The van der Waals surface area contributed by atoms with E-state index in [0.717, 1.165) is 37.4 Å². The molecule has 0 amide bonds. The van der Waals surface area contributed by atoms with Crippen LogP contribution in [0.15, 0.2) is 18.3 Å². The molecule has 53 heavy (non-hydrogen) atoms. The van der Waals surface area contributed by atoms with Gasteiger partial charge in [-0.2, -0.15) is 28.2 Å². The predicted octanol–water partition coefficient (Wildman–Crippen LogP) is 9.11. The number of fused-ring (bicyclic) bond motifs is 4. The molecule has 2 aromatic carbocycles. The average molecular weight is 787 g/mol. The van der Waals surface area contributed by atoms with E-state index in [-0.39, 0.29) is 35.4 Å². The monoisotopic (exact) mass is 786 g/mol. The lowest BCUT2D eigenvalue weighted by Gasteiger charge is -2.33. The van der Waals surface area contributed by atoms with Crippen LogP contribution in [0.3, 0.4) is 0 Å². The molecule has 3 fully saturated rings. The summed E-state index contributed by atoms with van der Waals surface area (Å²) in [6.45, 7) is 7.37. The zero-order chi connectivity index (χ0) is 38.2. The minimum atomic E-state index is -5.14. The van der Waals surface area contributed by atoms with Crippen LogP contribution in [-0.4, -0.2) is 85.6 Å². The van der Waals surface area contributed by atoms with Crippen LogP contribution in [0.1, 0.15) is 31.2 Å². The molecule has 2 unspecified atom stereocenters. The van der Waals surface area contributed by atoms with Gasteiger partial charge in [-0.1, -0.05) is 31.2 Å². The maximum Gasteiger partial charge on any atom is 0.418 e. The van der Waals surface area contributed by atoms with E-state index in [1.54, 1.807) is 19.0 Å². The van der Waals surface area contributed by atoms with Crippen LogP contribution in [0.2, 0.25) is 30.7 Å². The summed E-state index contributed by atoms with van der Waals surface area (Å²) in [6, 6.07) is 2.38. The zero-order valence-electron chi connectivity index (χ0n) is 30.2. The highest BCUT2D eigenvalue weighted by Gasteiger charge is 2.71. The first kappa shape index (κ1) is 38.1. The van der Waals surface area contributed by atoms with E-state index in [0.29, 0.717) is 31.5 Å². The van der Waals surface area contributed by atoms with Crippen molar-refractivity contribution in [2.45, 2.75) is 70.2 Å². The van der Waals surface area contributed by atoms with Crippen LogP contribution >= 0.6 is 11.6 Å². The number of halogens is 8. The number of anilines is 1. The number of hydrogen-bond acceptors (Lipinski definition) is 7. The van der Waals surface area contributed by atoms with E-state index in [4.69, 9.17) is 21.1 Å². The van der Waals surface area contributed by atoms with E-state index < -0.39 is 83.5 Å². The van der Waals surface area contributed by atoms with Crippen LogP contribution in [0.4, 0.5) is 36.6 Å². The van der Waals surface area contributed by atoms with Crippen molar-refractivity contribution in [3.05, 3.63) is 40.6 Å². The van der Waals surface area contributed by atoms with Crippen molar-refractivity contribution in [2.24, 2.45) is 17.3 Å². The Balaban J connectivity index is 1.37. The van der Waals surface area contributed by atoms with Gasteiger partial charge in [-0.15, -0.1) is 0 Å². The molecular weight excluding hydrogens is 745 g/mol. The molecule has 2 saturated carbocycles. The molecule has 2 aliphatic carbocycles. The highest BCUT2D eigenvalue weighted by atomic mass is 35.5.